The van der Waals surface area contributed by atoms with Crippen LogP contribution in [0.2, 0.25) is 5.02 Å². The summed E-state index contributed by atoms with van der Waals surface area (Å²) in [6.07, 6.45) is 0.403. The van der Waals surface area contributed by atoms with E-state index in [1.807, 2.05) is 65.6 Å². The third-order valence-electron chi connectivity index (χ3n) is 6.13. The van der Waals surface area contributed by atoms with Gasteiger partial charge in [0, 0.05) is 35.7 Å². The van der Waals surface area contributed by atoms with E-state index >= 15 is 0 Å². The van der Waals surface area contributed by atoms with E-state index in [1.165, 1.54) is 0 Å². The largest absolute Gasteiger partial charge is 0.454 e. The lowest BCUT2D eigenvalue weighted by Crippen LogP contribution is -2.24. The van der Waals surface area contributed by atoms with E-state index in [4.69, 9.17) is 26.1 Å². The molecule has 4 aromatic rings. The zero-order chi connectivity index (χ0) is 21.7. The Kier molecular flexibility index (Phi) is 4.54. The highest BCUT2D eigenvalue weighted by molar-refractivity contribution is 6.31. The molecule has 0 bridgehead atoms. The fourth-order valence-electron chi connectivity index (χ4n) is 4.55. The Balaban J connectivity index is 1.37. The van der Waals surface area contributed by atoms with Crippen LogP contribution in [-0.2, 0) is 11.3 Å². The smallest absolute Gasteiger partial charge is 0.231 e. The molecule has 3 heterocycles. The van der Waals surface area contributed by atoms with E-state index in [-0.39, 0.29) is 18.6 Å². The molecule has 1 aromatic heterocycles. The molecule has 0 saturated carbocycles. The summed E-state index contributed by atoms with van der Waals surface area (Å²) in [5.74, 6) is 2.33. The minimum absolute atomic E-state index is 0.0252. The summed E-state index contributed by atoms with van der Waals surface area (Å²) in [6, 6.07) is 21.5. The summed E-state index contributed by atoms with van der Waals surface area (Å²) in [4.78, 5) is 19.7. The molecule has 32 heavy (non-hydrogen) atoms. The molecule has 2 aliphatic rings. The predicted molar refractivity (Wildman–Crippen MR) is 123 cm³/mol. The summed E-state index contributed by atoms with van der Waals surface area (Å²) < 4.78 is 13.1. The van der Waals surface area contributed by atoms with Crippen molar-refractivity contribution in [1.29, 1.82) is 0 Å². The number of para-hydroxylation sites is 2. The molecule has 6 nitrogen and oxygen atoms in total. The van der Waals surface area contributed by atoms with Gasteiger partial charge in [-0.1, -0.05) is 41.9 Å². The Hall–Kier alpha value is -3.51. The normalized spacial score (nSPS) is 17.5. The number of hydrogen-bond donors (Lipinski definition) is 0. The number of fused-ring (bicyclic) bond motifs is 2. The van der Waals surface area contributed by atoms with Crippen molar-refractivity contribution >= 4 is 34.2 Å². The van der Waals surface area contributed by atoms with Crippen molar-refractivity contribution in [2.75, 3.05) is 18.2 Å². The van der Waals surface area contributed by atoms with Gasteiger partial charge in [-0.3, -0.25) is 4.79 Å². The van der Waals surface area contributed by atoms with Crippen LogP contribution in [0.4, 0.5) is 5.69 Å². The summed E-state index contributed by atoms with van der Waals surface area (Å²) in [7, 11) is 0. The highest BCUT2D eigenvalue weighted by atomic mass is 35.5. The number of carbonyl (C=O) groups excluding carboxylic acids is 1. The summed E-state index contributed by atoms with van der Waals surface area (Å²) in [6.45, 7) is 1.37. The van der Waals surface area contributed by atoms with Crippen molar-refractivity contribution in [3.63, 3.8) is 0 Å². The summed E-state index contributed by atoms with van der Waals surface area (Å²) in [5.41, 5.74) is 3.80. The van der Waals surface area contributed by atoms with E-state index in [0.717, 1.165) is 33.1 Å². The molecule has 0 spiro atoms. The fraction of sp³-hybridized carbons (Fsp3) is 0.200. The molecule has 3 aromatic carbocycles. The highest BCUT2D eigenvalue weighted by Gasteiger charge is 2.35. The maximum atomic E-state index is 13.0. The Morgan fingerprint density at radius 1 is 1.00 bits per heavy atom. The van der Waals surface area contributed by atoms with Crippen LogP contribution in [0, 0.1) is 0 Å². The molecule has 0 radical (unpaired) electrons. The number of aromatic nitrogens is 2. The minimum atomic E-state index is -0.0252. The SMILES string of the molecule is O=C1CC(c2nc3ccccc3n2Cc2ccccc2Cl)CN1c1ccc2c(c1)OCO2. The number of hydrogen-bond acceptors (Lipinski definition) is 4. The number of halogens is 1. The molecule has 1 amide bonds. The summed E-state index contributed by atoms with van der Waals surface area (Å²) in [5, 5.41) is 0.723. The van der Waals surface area contributed by atoms with Crippen LogP contribution in [0.3, 0.4) is 0 Å². The molecule has 6 rings (SSSR count). The van der Waals surface area contributed by atoms with Crippen LogP contribution >= 0.6 is 11.6 Å². The minimum Gasteiger partial charge on any atom is -0.454 e. The van der Waals surface area contributed by atoms with Gasteiger partial charge in [0.1, 0.15) is 5.82 Å². The summed E-state index contributed by atoms with van der Waals surface area (Å²) >= 11 is 6.46. The van der Waals surface area contributed by atoms with Crippen molar-refractivity contribution in [2.24, 2.45) is 0 Å². The van der Waals surface area contributed by atoms with Crippen LogP contribution in [0.5, 0.6) is 11.5 Å². The lowest BCUT2D eigenvalue weighted by molar-refractivity contribution is -0.117. The molecule has 0 aliphatic carbocycles. The van der Waals surface area contributed by atoms with Gasteiger partial charge >= 0.3 is 0 Å². The van der Waals surface area contributed by atoms with Gasteiger partial charge < -0.3 is 18.9 Å². The molecule has 1 unspecified atom stereocenters. The lowest BCUT2D eigenvalue weighted by atomic mass is 10.1. The van der Waals surface area contributed by atoms with Gasteiger partial charge in [-0.05, 0) is 35.9 Å². The van der Waals surface area contributed by atoms with Gasteiger partial charge in [0.25, 0.3) is 0 Å². The van der Waals surface area contributed by atoms with Crippen molar-refractivity contribution < 1.29 is 14.3 Å². The number of rotatable bonds is 4. The van der Waals surface area contributed by atoms with Gasteiger partial charge in [-0.2, -0.15) is 0 Å². The quantitative estimate of drug-likeness (QED) is 0.444. The Bertz CT molecular complexity index is 1350. The van der Waals surface area contributed by atoms with E-state index in [1.54, 1.807) is 0 Å². The van der Waals surface area contributed by atoms with E-state index in [2.05, 4.69) is 10.6 Å². The van der Waals surface area contributed by atoms with Crippen molar-refractivity contribution in [2.45, 2.75) is 18.9 Å². The third kappa shape index (κ3) is 3.19. The Morgan fingerprint density at radius 3 is 2.72 bits per heavy atom. The predicted octanol–water partition coefficient (Wildman–Crippen LogP) is 4.99. The van der Waals surface area contributed by atoms with Crippen molar-refractivity contribution in [3.05, 3.63) is 83.1 Å². The Labute approximate surface area is 189 Å². The van der Waals surface area contributed by atoms with Gasteiger partial charge in [0.05, 0.1) is 17.6 Å². The average molecular weight is 446 g/mol. The molecule has 1 fully saturated rings. The van der Waals surface area contributed by atoms with Crippen molar-refractivity contribution in [3.8, 4) is 11.5 Å². The molecule has 7 heteroatoms. The van der Waals surface area contributed by atoms with Gasteiger partial charge in [-0.25, -0.2) is 4.98 Å². The van der Waals surface area contributed by atoms with E-state index < -0.39 is 0 Å². The molecule has 1 saturated heterocycles. The van der Waals surface area contributed by atoms with Gasteiger partial charge in [-0.15, -0.1) is 0 Å². The first-order chi connectivity index (χ1) is 15.7. The second-order valence-electron chi connectivity index (χ2n) is 8.08. The van der Waals surface area contributed by atoms with E-state index in [9.17, 15) is 4.79 Å². The van der Waals surface area contributed by atoms with E-state index in [0.29, 0.717) is 31.0 Å². The van der Waals surface area contributed by atoms with Crippen LogP contribution in [-0.4, -0.2) is 28.8 Å². The standard InChI is InChI=1S/C25H20ClN3O3/c26-19-6-2-1-5-16(19)13-29-21-8-4-3-7-20(21)27-25(29)17-11-24(30)28(14-17)18-9-10-22-23(12-18)32-15-31-22/h1-10,12,17H,11,13-15H2. The first kappa shape index (κ1) is 19.2. The number of ether oxygens (including phenoxy) is 2. The van der Waals surface area contributed by atoms with Gasteiger partial charge in [0.2, 0.25) is 12.7 Å². The number of nitrogens with zero attached hydrogens (tertiary/aromatic N) is 3. The molecular weight excluding hydrogens is 426 g/mol. The zero-order valence-corrected chi connectivity index (χ0v) is 18.0. The molecular formula is C25H20ClN3O3. The molecule has 1 atom stereocenters. The van der Waals surface area contributed by atoms with Crippen LogP contribution in [0.1, 0.15) is 23.7 Å². The van der Waals surface area contributed by atoms with Crippen molar-refractivity contribution in [1.82, 2.24) is 9.55 Å². The first-order valence-electron chi connectivity index (χ1n) is 10.6. The molecule has 160 valence electrons. The number of amides is 1. The second-order valence-corrected chi connectivity index (χ2v) is 8.49. The second kappa shape index (κ2) is 7.57. The monoisotopic (exact) mass is 445 g/mol. The van der Waals surface area contributed by atoms with Crippen LogP contribution < -0.4 is 14.4 Å². The Morgan fingerprint density at radius 2 is 1.81 bits per heavy atom. The maximum Gasteiger partial charge on any atom is 0.231 e. The van der Waals surface area contributed by atoms with Gasteiger partial charge in [0.15, 0.2) is 11.5 Å². The fourth-order valence-corrected chi connectivity index (χ4v) is 4.75. The number of carbonyl (C=O) groups is 1. The molecule has 2 aliphatic heterocycles. The number of imidazole rings is 1. The highest BCUT2D eigenvalue weighted by Crippen LogP contribution is 2.39. The molecule has 0 N–H and O–H groups in total. The zero-order valence-electron chi connectivity index (χ0n) is 17.2. The third-order valence-corrected chi connectivity index (χ3v) is 6.50. The lowest BCUT2D eigenvalue weighted by Gasteiger charge is -2.18. The van der Waals surface area contributed by atoms with Crippen LogP contribution in [0.15, 0.2) is 66.7 Å². The average Bonchev–Trinajstić information content (AvgIpc) is 3.52. The topological polar surface area (TPSA) is 56.6 Å². The van der Waals surface area contributed by atoms with Crippen LogP contribution in [0.25, 0.3) is 11.0 Å². The first-order valence-corrected chi connectivity index (χ1v) is 10.9. The number of benzene rings is 3. The maximum absolute atomic E-state index is 13.0. The number of anilines is 1.